The van der Waals surface area contributed by atoms with Crippen molar-refractivity contribution in [1.82, 2.24) is 4.98 Å². The van der Waals surface area contributed by atoms with Gasteiger partial charge in [-0.15, -0.1) is 0 Å². The highest BCUT2D eigenvalue weighted by atomic mass is 16.5. The number of carbonyl (C=O) groups excluding carboxylic acids is 1. The third-order valence-corrected chi connectivity index (χ3v) is 4.65. The molecule has 1 aromatic rings. The van der Waals surface area contributed by atoms with Crippen LogP contribution in [-0.2, 0) is 4.74 Å². The number of carbonyl (C=O) groups is 1. The summed E-state index contributed by atoms with van der Waals surface area (Å²) >= 11 is 0. The molecule has 5 heteroatoms. The van der Waals surface area contributed by atoms with Crippen LogP contribution in [0.25, 0.3) is 0 Å². The first-order valence-corrected chi connectivity index (χ1v) is 7.24. The van der Waals surface area contributed by atoms with Gasteiger partial charge in [0.15, 0.2) is 0 Å². The summed E-state index contributed by atoms with van der Waals surface area (Å²) in [6.07, 6.45) is 5.28. The van der Waals surface area contributed by atoms with Crippen LogP contribution in [-0.4, -0.2) is 37.2 Å². The normalized spacial score (nSPS) is 29.1. The van der Waals surface area contributed by atoms with Crippen molar-refractivity contribution in [2.75, 3.05) is 25.1 Å². The Kier molecular flexibility index (Phi) is 3.61. The topological polar surface area (TPSA) is 68.5 Å². The van der Waals surface area contributed by atoms with E-state index in [-0.39, 0.29) is 12.0 Å². The van der Waals surface area contributed by atoms with E-state index in [0.717, 1.165) is 25.3 Å². The highest BCUT2D eigenvalue weighted by Crippen LogP contribution is 2.37. The first-order chi connectivity index (χ1) is 9.70. The molecule has 1 saturated heterocycles. The van der Waals surface area contributed by atoms with Gasteiger partial charge in [-0.1, -0.05) is 6.42 Å². The second kappa shape index (κ2) is 5.40. The molecule has 0 aromatic carbocycles. The molecule has 20 heavy (non-hydrogen) atoms. The van der Waals surface area contributed by atoms with Crippen molar-refractivity contribution >= 4 is 11.8 Å². The van der Waals surface area contributed by atoms with Crippen molar-refractivity contribution in [3.05, 3.63) is 23.9 Å². The van der Waals surface area contributed by atoms with Gasteiger partial charge in [-0.25, -0.2) is 9.78 Å². The molecule has 3 atom stereocenters. The molecular weight excluding hydrogens is 254 g/mol. The number of nitrogens with two attached hydrogens (primary N) is 1. The van der Waals surface area contributed by atoms with Gasteiger partial charge in [0.05, 0.1) is 7.11 Å². The van der Waals surface area contributed by atoms with E-state index in [1.54, 1.807) is 18.3 Å². The maximum absolute atomic E-state index is 11.9. The molecule has 108 valence electrons. The standard InChI is InChI=1S/C15H21N3O2/c1-20-15(19)11-5-3-7-17-14(11)18-8-10-4-2-6-13(16)12(10)9-18/h3,5,7,10,12-13H,2,4,6,8-9,16H2,1H3. The molecule has 1 saturated carbocycles. The monoisotopic (exact) mass is 275 g/mol. The van der Waals surface area contributed by atoms with Crippen molar-refractivity contribution < 1.29 is 9.53 Å². The van der Waals surface area contributed by atoms with Crippen molar-refractivity contribution in [3.63, 3.8) is 0 Å². The third kappa shape index (κ3) is 2.26. The van der Waals surface area contributed by atoms with Crippen LogP contribution in [0.15, 0.2) is 18.3 Å². The van der Waals surface area contributed by atoms with E-state index in [1.165, 1.54) is 20.0 Å². The highest BCUT2D eigenvalue weighted by Gasteiger charge is 2.40. The fraction of sp³-hybridized carbons (Fsp3) is 0.600. The summed E-state index contributed by atoms with van der Waals surface area (Å²) in [5.74, 6) is 1.57. The van der Waals surface area contributed by atoms with Gasteiger partial charge >= 0.3 is 5.97 Å². The Balaban J connectivity index is 1.86. The SMILES string of the molecule is COC(=O)c1cccnc1N1CC2CCCC(N)C2C1. The number of methoxy groups -OCH3 is 1. The van der Waals surface area contributed by atoms with Gasteiger partial charge in [0.1, 0.15) is 11.4 Å². The van der Waals surface area contributed by atoms with Gasteiger partial charge in [-0.2, -0.15) is 0 Å². The molecule has 0 radical (unpaired) electrons. The lowest BCUT2D eigenvalue weighted by Gasteiger charge is -2.29. The summed E-state index contributed by atoms with van der Waals surface area (Å²) in [5.41, 5.74) is 6.79. The Morgan fingerprint density at radius 3 is 3.05 bits per heavy atom. The second-order valence-electron chi connectivity index (χ2n) is 5.79. The highest BCUT2D eigenvalue weighted by molar-refractivity contribution is 5.94. The Morgan fingerprint density at radius 2 is 2.30 bits per heavy atom. The average Bonchev–Trinajstić information content (AvgIpc) is 2.92. The van der Waals surface area contributed by atoms with Crippen LogP contribution in [0.5, 0.6) is 0 Å². The predicted molar refractivity (Wildman–Crippen MR) is 76.6 cm³/mol. The molecule has 1 aromatic heterocycles. The van der Waals surface area contributed by atoms with Crippen LogP contribution in [0.1, 0.15) is 29.6 Å². The lowest BCUT2D eigenvalue weighted by molar-refractivity contribution is 0.0601. The number of rotatable bonds is 2. The Bertz CT molecular complexity index is 506. The minimum absolute atomic E-state index is 0.282. The maximum atomic E-state index is 11.9. The quantitative estimate of drug-likeness (QED) is 0.827. The average molecular weight is 275 g/mol. The van der Waals surface area contributed by atoms with Crippen LogP contribution in [0.2, 0.25) is 0 Å². The van der Waals surface area contributed by atoms with E-state index in [1.807, 2.05) is 0 Å². The first kappa shape index (κ1) is 13.4. The van der Waals surface area contributed by atoms with E-state index in [0.29, 0.717) is 17.4 Å². The molecular formula is C15H21N3O2. The van der Waals surface area contributed by atoms with Crippen LogP contribution in [0.4, 0.5) is 5.82 Å². The number of hydrogen-bond acceptors (Lipinski definition) is 5. The molecule has 5 nitrogen and oxygen atoms in total. The largest absolute Gasteiger partial charge is 0.465 e. The molecule has 3 rings (SSSR count). The molecule has 3 unspecified atom stereocenters. The molecule has 2 heterocycles. The van der Waals surface area contributed by atoms with Gasteiger partial charge in [0.2, 0.25) is 0 Å². The number of aromatic nitrogens is 1. The van der Waals surface area contributed by atoms with Gasteiger partial charge in [0.25, 0.3) is 0 Å². The van der Waals surface area contributed by atoms with E-state index >= 15 is 0 Å². The van der Waals surface area contributed by atoms with E-state index in [2.05, 4.69) is 9.88 Å². The number of ether oxygens (including phenoxy) is 1. The fourth-order valence-electron chi connectivity index (χ4n) is 3.61. The smallest absolute Gasteiger partial charge is 0.341 e. The summed E-state index contributed by atoms with van der Waals surface area (Å²) < 4.78 is 4.85. The van der Waals surface area contributed by atoms with Crippen molar-refractivity contribution in [1.29, 1.82) is 0 Å². The maximum Gasteiger partial charge on any atom is 0.341 e. The first-order valence-electron chi connectivity index (χ1n) is 7.24. The van der Waals surface area contributed by atoms with Gasteiger partial charge in [0, 0.05) is 25.3 Å². The number of esters is 1. The van der Waals surface area contributed by atoms with Gasteiger partial charge in [-0.05, 0) is 36.8 Å². The zero-order valence-corrected chi connectivity index (χ0v) is 11.8. The molecule has 2 N–H and O–H groups in total. The summed E-state index contributed by atoms with van der Waals surface area (Å²) in [5, 5.41) is 0. The molecule has 1 aliphatic heterocycles. The predicted octanol–water partition coefficient (Wildman–Crippen LogP) is 1.43. The third-order valence-electron chi connectivity index (χ3n) is 4.65. The lowest BCUT2D eigenvalue weighted by atomic mass is 9.78. The van der Waals surface area contributed by atoms with E-state index in [9.17, 15) is 4.79 Å². The molecule has 1 aliphatic carbocycles. The molecule has 0 bridgehead atoms. The molecule has 0 amide bonds. The molecule has 0 spiro atoms. The number of fused-ring (bicyclic) bond motifs is 1. The molecule has 2 fully saturated rings. The minimum Gasteiger partial charge on any atom is -0.465 e. The van der Waals surface area contributed by atoms with Crippen molar-refractivity contribution in [2.45, 2.75) is 25.3 Å². The minimum atomic E-state index is -0.327. The number of nitrogens with zero attached hydrogens (tertiary/aromatic N) is 2. The van der Waals surface area contributed by atoms with Crippen LogP contribution >= 0.6 is 0 Å². The van der Waals surface area contributed by atoms with Crippen molar-refractivity contribution in [2.24, 2.45) is 17.6 Å². The zero-order valence-electron chi connectivity index (χ0n) is 11.8. The Morgan fingerprint density at radius 1 is 1.45 bits per heavy atom. The Hall–Kier alpha value is -1.62. The summed E-state index contributed by atoms with van der Waals surface area (Å²) in [7, 11) is 1.40. The van der Waals surface area contributed by atoms with Crippen LogP contribution in [0, 0.1) is 11.8 Å². The number of pyridine rings is 1. The summed E-state index contributed by atoms with van der Waals surface area (Å²) in [6.45, 7) is 1.84. The molecule has 2 aliphatic rings. The van der Waals surface area contributed by atoms with Gasteiger partial charge in [-0.3, -0.25) is 0 Å². The number of anilines is 1. The fourth-order valence-corrected chi connectivity index (χ4v) is 3.61. The van der Waals surface area contributed by atoms with Crippen molar-refractivity contribution in [3.8, 4) is 0 Å². The lowest BCUT2D eigenvalue weighted by Crippen LogP contribution is -2.38. The summed E-state index contributed by atoms with van der Waals surface area (Å²) in [4.78, 5) is 18.5. The second-order valence-corrected chi connectivity index (χ2v) is 5.79. The van der Waals surface area contributed by atoms with Gasteiger partial charge < -0.3 is 15.4 Å². The summed E-state index contributed by atoms with van der Waals surface area (Å²) in [6, 6.07) is 3.82. The zero-order chi connectivity index (χ0) is 14.1. The van der Waals surface area contributed by atoms with Crippen LogP contribution < -0.4 is 10.6 Å². The van der Waals surface area contributed by atoms with Crippen LogP contribution in [0.3, 0.4) is 0 Å². The number of hydrogen-bond donors (Lipinski definition) is 1. The Labute approximate surface area is 119 Å². The van der Waals surface area contributed by atoms with E-state index < -0.39 is 0 Å². The van der Waals surface area contributed by atoms with E-state index in [4.69, 9.17) is 10.5 Å².